The molecule has 66 valence electrons. The molecule has 1 aromatic carbocycles. The molecule has 0 aliphatic heterocycles. The number of ketones is 1. The van der Waals surface area contributed by atoms with E-state index in [1.165, 1.54) is 11.3 Å². The Morgan fingerprint density at radius 1 is 1.38 bits per heavy atom. The van der Waals surface area contributed by atoms with Crippen molar-refractivity contribution in [3.63, 3.8) is 0 Å². The summed E-state index contributed by atoms with van der Waals surface area (Å²) >= 11 is 1.49. The van der Waals surface area contributed by atoms with Crippen LogP contribution >= 0.6 is 11.3 Å². The monoisotopic (exact) mass is 191 g/mol. The third-order valence-corrected chi connectivity index (χ3v) is 3.09. The number of hydrogen-bond donors (Lipinski definition) is 1. The SMILES string of the molecule is CC(=O)c1cc2ccc(N)cc2s1. The first-order valence-electron chi connectivity index (χ1n) is 3.97. The van der Waals surface area contributed by atoms with E-state index in [0.29, 0.717) is 0 Å². The van der Waals surface area contributed by atoms with Crippen molar-refractivity contribution in [1.82, 2.24) is 0 Å². The number of thiophene rings is 1. The minimum absolute atomic E-state index is 0.111. The summed E-state index contributed by atoms with van der Waals surface area (Å²) in [5.74, 6) is 0.111. The molecule has 0 bridgehead atoms. The van der Waals surface area contributed by atoms with E-state index in [0.717, 1.165) is 20.7 Å². The Labute approximate surface area is 80.0 Å². The summed E-state index contributed by atoms with van der Waals surface area (Å²) in [4.78, 5) is 11.9. The molecule has 0 radical (unpaired) electrons. The van der Waals surface area contributed by atoms with Gasteiger partial charge in [-0.05, 0) is 30.5 Å². The highest BCUT2D eigenvalue weighted by Gasteiger charge is 2.04. The first-order valence-corrected chi connectivity index (χ1v) is 4.78. The van der Waals surface area contributed by atoms with Crippen LogP contribution in [0.4, 0.5) is 5.69 Å². The molecule has 0 aliphatic rings. The highest BCUT2D eigenvalue weighted by atomic mass is 32.1. The van der Waals surface area contributed by atoms with Crippen molar-refractivity contribution < 1.29 is 4.79 Å². The van der Waals surface area contributed by atoms with Crippen molar-refractivity contribution >= 4 is 32.9 Å². The molecule has 0 atom stereocenters. The Kier molecular flexibility index (Phi) is 1.81. The van der Waals surface area contributed by atoms with Crippen molar-refractivity contribution in [2.45, 2.75) is 6.92 Å². The van der Waals surface area contributed by atoms with Crippen molar-refractivity contribution in [2.75, 3.05) is 5.73 Å². The van der Waals surface area contributed by atoms with Gasteiger partial charge in [0.2, 0.25) is 0 Å². The Bertz CT molecular complexity index is 473. The molecule has 0 unspecified atom stereocenters. The highest BCUT2D eigenvalue weighted by Crippen LogP contribution is 2.27. The lowest BCUT2D eigenvalue weighted by molar-refractivity contribution is 0.102. The summed E-state index contributed by atoms with van der Waals surface area (Å²) < 4.78 is 1.07. The summed E-state index contributed by atoms with van der Waals surface area (Å²) in [6, 6.07) is 7.58. The van der Waals surface area contributed by atoms with E-state index in [9.17, 15) is 4.79 Å². The zero-order chi connectivity index (χ0) is 9.42. The molecule has 3 heteroatoms. The second kappa shape index (κ2) is 2.85. The predicted molar refractivity (Wildman–Crippen MR) is 56.2 cm³/mol. The summed E-state index contributed by atoms with van der Waals surface area (Å²) in [6.45, 7) is 1.58. The fourth-order valence-corrected chi connectivity index (χ4v) is 2.23. The molecule has 0 amide bonds. The minimum atomic E-state index is 0.111. The fraction of sp³-hybridized carbons (Fsp3) is 0.100. The Hall–Kier alpha value is -1.35. The molecule has 13 heavy (non-hydrogen) atoms. The van der Waals surface area contributed by atoms with Gasteiger partial charge in [0.25, 0.3) is 0 Å². The summed E-state index contributed by atoms with van der Waals surface area (Å²) in [6.07, 6.45) is 0. The van der Waals surface area contributed by atoms with Crippen LogP contribution in [-0.2, 0) is 0 Å². The van der Waals surface area contributed by atoms with Crippen LogP contribution in [0.15, 0.2) is 24.3 Å². The lowest BCUT2D eigenvalue weighted by Crippen LogP contribution is -1.83. The number of carbonyl (C=O) groups is 1. The van der Waals surface area contributed by atoms with Crippen molar-refractivity contribution in [1.29, 1.82) is 0 Å². The van der Waals surface area contributed by atoms with E-state index in [1.807, 2.05) is 24.3 Å². The van der Waals surface area contributed by atoms with Crippen LogP contribution in [0.1, 0.15) is 16.6 Å². The number of anilines is 1. The molecular formula is C10H9NOS. The fourth-order valence-electron chi connectivity index (χ4n) is 1.22. The van der Waals surface area contributed by atoms with Gasteiger partial charge in [0.1, 0.15) is 0 Å². The van der Waals surface area contributed by atoms with Gasteiger partial charge < -0.3 is 5.73 Å². The maximum Gasteiger partial charge on any atom is 0.169 e. The van der Waals surface area contributed by atoms with E-state index >= 15 is 0 Å². The zero-order valence-electron chi connectivity index (χ0n) is 7.20. The molecule has 0 fully saturated rings. The highest BCUT2D eigenvalue weighted by molar-refractivity contribution is 7.20. The number of hydrogen-bond acceptors (Lipinski definition) is 3. The molecular weight excluding hydrogens is 182 g/mol. The molecule has 1 aromatic heterocycles. The molecule has 0 saturated carbocycles. The van der Waals surface area contributed by atoms with E-state index in [1.54, 1.807) is 6.92 Å². The van der Waals surface area contributed by atoms with Gasteiger partial charge in [0, 0.05) is 10.4 Å². The van der Waals surface area contributed by atoms with E-state index in [4.69, 9.17) is 5.73 Å². The number of nitrogens with two attached hydrogens (primary N) is 1. The van der Waals surface area contributed by atoms with Crippen LogP contribution < -0.4 is 5.73 Å². The van der Waals surface area contributed by atoms with Crippen molar-refractivity contribution in [3.05, 3.63) is 29.1 Å². The smallest absolute Gasteiger partial charge is 0.169 e. The van der Waals surface area contributed by atoms with Crippen molar-refractivity contribution in [2.24, 2.45) is 0 Å². The lowest BCUT2D eigenvalue weighted by Gasteiger charge is -1.90. The Morgan fingerprint density at radius 2 is 2.15 bits per heavy atom. The number of benzene rings is 1. The number of fused-ring (bicyclic) bond motifs is 1. The minimum Gasteiger partial charge on any atom is -0.399 e. The molecule has 2 nitrogen and oxygen atoms in total. The molecule has 2 N–H and O–H groups in total. The van der Waals surface area contributed by atoms with Gasteiger partial charge in [-0.1, -0.05) is 6.07 Å². The number of nitrogen functional groups attached to an aromatic ring is 1. The standard InChI is InChI=1S/C10H9NOS/c1-6(12)9-4-7-2-3-8(11)5-10(7)13-9/h2-5H,11H2,1H3. The van der Waals surface area contributed by atoms with Crippen LogP contribution in [0.25, 0.3) is 10.1 Å². The Balaban J connectivity index is 2.68. The van der Waals surface area contributed by atoms with E-state index in [2.05, 4.69) is 0 Å². The largest absolute Gasteiger partial charge is 0.399 e. The number of carbonyl (C=O) groups excluding carboxylic acids is 1. The van der Waals surface area contributed by atoms with Gasteiger partial charge >= 0.3 is 0 Å². The molecule has 2 aromatic rings. The number of rotatable bonds is 1. The van der Waals surface area contributed by atoms with E-state index < -0.39 is 0 Å². The van der Waals surface area contributed by atoms with Gasteiger partial charge in [-0.2, -0.15) is 0 Å². The Morgan fingerprint density at radius 3 is 2.85 bits per heavy atom. The predicted octanol–water partition coefficient (Wildman–Crippen LogP) is 2.69. The van der Waals surface area contributed by atoms with Gasteiger partial charge in [-0.25, -0.2) is 0 Å². The summed E-state index contributed by atoms with van der Waals surface area (Å²) in [5, 5.41) is 1.09. The van der Waals surface area contributed by atoms with Crippen LogP contribution in [0.2, 0.25) is 0 Å². The summed E-state index contributed by atoms with van der Waals surface area (Å²) in [7, 11) is 0. The molecule has 0 saturated heterocycles. The first kappa shape index (κ1) is 8.26. The quantitative estimate of drug-likeness (QED) is 0.556. The number of Topliss-reactive ketones (excluding diaryl/α,β-unsaturated/α-hetero) is 1. The molecule has 2 rings (SSSR count). The maximum atomic E-state index is 11.1. The van der Waals surface area contributed by atoms with Crippen molar-refractivity contribution in [3.8, 4) is 0 Å². The molecule has 1 heterocycles. The van der Waals surface area contributed by atoms with Gasteiger partial charge in [-0.15, -0.1) is 11.3 Å². The third-order valence-electron chi connectivity index (χ3n) is 1.89. The molecule has 0 spiro atoms. The second-order valence-electron chi connectivity index (χ2n) is 2.96. The van der Waals surface area contributed by atoms with Gasteiger partial charge in [0.05, 0.1) is 4.88 Å². The average Bonchev–Trinajstić information content (AvgIpc) is 2.46. The lowest BCUT2D eigenvalue weighted by atomic mass is 10.2. The first-order chi connectivity index (χ1) is 6.16. The zero-order valence-corrected chi connectivity index (χ0v) is 8.02. The van der Waals surface area contributed by atoms with Crippen LogP contribution in [-0.4, -0.2) is 5.78 Å². The summed E-state index contributed by atoms with van der Waals surface area (Å²) in [5.41, 5.74) is 6.37. The average molecular weight is 191 g/mol. The van der Waals surface area contributed by atoms with Crippen LogP contribution in [0.3, 0.4) is 0 Å². The normalized spacial score (nSPS) is 10.5. The molecule has 0 aliphatic carbocycles. The van der Waals surface area contributed by atoms with Crippen LogP contribution in [0, 0.1) is 0 Å². The second-order valence-corrected chi connectivity index (χ2v) is 4.05. The maximum absolute atomic E-state index is 11.1. The van der Waals surface area contributed by atoms with Crippen LogP contribution in [0.5, 0.6) is 0 Å². The van der Waals surface area contributed by atoms with E-state index in [-0.39, 0.29) is 5.78 Å². The topological polar surface area (TPSA) is 43.1 Å². The van der Waals surface area contributed by atoms with Gasteiger partial charge in [0.15, 0.2) is 5.78 Å². The van der Waals surface area contributed by atoms with Gasteiger partial charge in [-0.3, -0.25) is 4.79 Å². The third kappa shape index (κ3) is 1.42.